The molecule has 0 saturated carbocycles. The fourth-order valence-electron chi connectivity index (χ4n) is 5.11. The Hall–Kier alpha value is -3.54. The van der Waals surface area contributed by atoms with Gasteiger partial charge in [0, 0.05) is 37.3 Å². The van der Waals surface area contributed by atoms with Gasteiger partial charge in [0.05, 0.1) is 37.8 Å². The number of amides is 1. The van der Waals surface area contributed by atoms with Gasteiger partial charge in [0.1, 0.15) is 11.7 Å². The maximum Gasteiger partial charge on any atom is 0.243 e. The molecule has 11 nitrogen and oxygen atoms in total. The van der Waals surface area contributed by atoms with Crippen LogP contribution in [0, 0.1) is 0 Å². The van der Waals surface area contributed by atoms with E-state index in [1.54, 1.807) is 18.3 Å². The molecule has 2 saturated heterocycles. The standard InChI is InChI=1S/C25H34FN9O2/c1-6-21(36)28-20-13-33(12-18(20)26)25-29-19(22-23(30-25)34(14-27-22)15(2)3)9-16-10-35(31-24(16)37-5)17-7-8-32(4)11-17/h6,10,14-15,17-18,20H,1,7-9,11-13H2,2-5H3,(H,28,36)/t17-,18+,20+/m0/s1. The number of carbonyl (C=O) groups excluding carboxylic acids is 1. The van der Waals surface area contributed by atoms with E-state index in [-0.39, 0.29) is 19.1 Å². The topological polar surface area (TPSA) is 106 Å². The van der Waals surface area contributed by atoms with Gasteiger partial charge in [-0.25, -0.2) is 14.4 Å². The molecule has 0 aliphatic carbocycles. The lowest BCUT2D eigenvalue weighted by Crippen LogP contribution is -2.40. The summed E-state index contributed by atoms with van der Waals surface area (Å²) in [7, 11) is 3.73. The molecule has 1 amide bonds. The maximum atomic E-state index is 14.8. The van der Waals surface area contributed by atoms with Crippen molar-refractivity contribution in [1.29, 1.82) is 0 Å². The second kappa shape index (κ2) is 10.1. The van der Waals surface area contributed by atoms with Crippen molar-refractivity contribution in [1.82, 2.24) is 39.5 Å². The number of halogens is 1. The molecule has 2 aliphatic rings. The van der Waals surface area contributed by atoms with E-state index in [0.29, 0.717) is 35.5 Å². The molecule has 3 aromatic heterocycles. The highest BCUT2D eigenvalue weighted by atomic mass is 19.1. The Morgan fingerprint density at radius 2 is 2.14 bits per heavy atom. The number of imidazole rings is 1. The van der Waals surface area contributed by atoms with E-state index in [1.807, 2.05) is 15.4 Å². The van der Waals surface area contributed by atoms with E-state index in [1.165, 1.54) is 0 Å². The minimum atomic E-state index is -1.25. The number of alkyl halides is 1. The molecule has 5 heterocycles. The summed E-state index contributed by atoms with van der Waals surface area (Å²) in [6, 6.07) is -0.238. The molecular weight excluding hydrogens is 477 g/mol. The molecule has 0 bridgehead atoms. The van der Waals surface area contributed by atoms with E-state index in [0.717, 1.165) is 36.8 Å². The van der Waals surface area contributed by atoms with E-state index >= 15 is 0 Å². The third kappa shape index (κ3) is 4.89. The molecule has 0 aromatic carbocycles. The molecule has 2 aliphatic heterocycles. The molecule has 0 unspecified atom stereocenters. The van der Waals surface area contributed by atoms with Crippen LogP contribution in [0.15, 0.2) is 25.2 Å². The number of likely N-dealkylation sites (tertiary alicyclic amines) is 1. The second-order valence-electron chi connectivity index (χ2n) is 10.2. The lowest BCUT2D eigenvalue weighted by Gasteiger charge is -2.18. The van der Waals surface area contributed by atoms with Gasteiger partial charge in [0.25, 0.3) is 0 Å². The molecule has 0 spiro atoms. The van der Waals surface area contributed by atoms with E-state index < -0.39 is 18.1 Å². The van der Waals surface area contributed by atoms with Crippen molar-refractivity contribution in [3.05, 3.63) is 36.4 Å². The normalized spacial score (nSPS) is 22.3. The van der Waals surface area contributed by atoms with Gasteiger partial charge in [0.15, 0.2) is 5.65 Å². The van der Waals surface area contributed by atoms with Crippen LogP contribution in [-0.2, 0) is 11.2 Å². The molecule has 2 fully saturated rings. The van der Waals surface area contributed by atoms with Crippen LogP contribution >= 0.6 is 0 Å². The van der Waals surface area contributed by atoms with Crippen molar-refractivity contribution in [3.8, 4) is 5.88 Å². The van der Waals surface area contributed by atoms with Gasteiger partial charge in [-0.15, -0.1) is 5.10 Å². The minimum Gasteiger partial charge on any atom is -0.480 e. The number of carbonyl (C=O) groups is 1. The fraction of sp³-hybridized carbons (Fsp3) is 0.560. The van der Waals surface area contributed by atoms with Gasteiger partial charge < -0.3 is 24.4 Å². The predicted octanol–water partition coefficient (Wildman–Crippen LogP) is 1.91. The summed E-state index contributed by atoms with van der Waals surface area (Å²) in [5.74, 6) is 0.567. The van der Waals surface area contributed by atoms with Crippen LogP contribution in [0.4, 0.5) is 10.3 Å². The van der Waals surface area contributed by atoms with E-state index in [9.17, 15) is 9.18 Å². The Balaban J connectivity index is 1.50. The summed E-state index contributed by atoms with van der Waals surface area (Å²) in [6.45, 7) is 9.88. The average molecular weight is 512 g/mol. The number of hydrogen-bond donors (Lipinski definition) is 1. The SMILES string of the molecule is C=CC(=O)N[C@@H]1CN(c2nc(Cc3cn([C@H]4CCN(C)C4)nc3OC)c3ncn(C(C)C)c3n2)C[C@H]1F. The van der Waals surface area contributed by atoms with Crippen LogP contribution in [-0.4, -0.2) is 92.7 Å². The van der Waals surface area contributed by atoms with Crippen molar-refractivity contribution >= 4 is 23.0 Å². The second-order valence-corrected chi connectivity index (χ2v) is 10.2. The third-order valence-electron chi connectivity index (χ3n) is 7.14. The monoisotopic (exact) mass is 511 g/mol. The predicted molar refractivity (Wildman–Crippen MR) is 138 cm³/mol. The Morgan fingerprint density at radius 1 is 1.32 bits per heavy atom. The molecule has 3 aromatic rings. The largest absolute Gasteiger partial charge is 0.480 e. The molecule has 0 radical (unpaired) electrons. The van der Waals surface area contributed by atoms with Crippen molar-refractivity contribution < 1.29 is 13.9 Å². The summed E-state index contributed by atoms with van der Waals surface area (Å²) in [6.07, 6.45) is 5.17. The molecule has 3 atom stereocenters. The first-order valence-corrected chi connectivity index (χ1v) is 12.6. The van der Waals surface area contributed by atoms with Crippen LogP contribution in [0.3, 0.4) is 0 Å². The fourth-order valence-corrected chi connectivity index (χ4v) is 5.11. The summed E-state index contributed by atoms with van der Waals surface area (Å²) < 4.78 is 24.4. The van der Waals surface area contributed by atoms with Crippen LogP contribution in [0.1, 0.15) is 43.6 Å². The first-order chi connectivity index (χ1) is 17.8. The Morgan fingerprint density at radius 3 is 2.81 bits per heavy atom. The molecule has 198 valence electrons. The van der Waals surface area contributed by atoms with E-state index in [4.69, 9.17) is 19.8 Å². The van der Waals surface area contributed by atoms with Crippen LogP contribution in [0.25, 0.3) is 11.2 Å². The zero-order valence-corrected chi connectivity index (χ0v) is 21.8. The highest BCUT2D eigenvalue weighted by Crippen LogP contribution is 2.29. The zero-order chi connectivity index (χ0) is 26.3. The van der Waals surface area contributed by atoms with E-state index in [2.05, 4.69) is 42.7 Å². The number of likely N-dealkylation sites (N-methyl/N-ethyl adjacent to an activating group) is 1. The summed E-state index contributed by atoms with van der Waals surface area (Å²) >= 11 is 0. The Labute approximate surface area is 215 Å². The Kier molecular flexibility index (Phi) is 6.84. The number of hydrogen-bond acceptors (Lipinski definition) is 8. The average Bonchev–Trinajstić information content (AvgIpc) is 3.65. The number of aromatic nitrogens is 6. The quantitative estimate of drug-likeness (QED) is 0.457. The first-order valence-electron chi connectivity index (χ1n) is 12.6. The molecule has 5 rings (SSSR count). The van der Waals surface area contributed by atoms with Gasteiger partial charge in [-0.05, 0) is 39.9 Å². The highest BCUT2D eigenvalue weighted by Gasteiger charge is 2.35. The number of ether oxygens (including phenoxy) is 1. The van der Waals surface area contributed by atoms with Gasteiger partial charge in [0.2, 0.25) is 17.7 Å². The summed E-state index contributed by atoms with van der Waals surface area (Å²) in [5, 5.41) is 7.36. The van der Waals surface area contributed by atoms with Crippen molar-refractivity contribution in [2.45, 2.75) is 51.0 Å². The number of rotatable bonds is 8. The summed E-state index contributed by atoms with van der Waals surface area (Å²) in [4.78, 5) is 30.1. The van der Waals surface area contributed by atoms with Gasteiger partial charge >= 0.3 is 0 Å². The third-order valence-corrected chi connectivity index (χ3v) is 7.14. The Bertz CT molecular complexity index is 1300. The smallest absolute Gasteiger partial charge is 0.243 e. The van der Waals surface area contributed by atoms with Crippen molar-refractivity contribution in [2.24, 2.45) is 0 Å². The lowest BCUT2D eigenvalue weighted by atomic mass is 10.1. The number of fused-ring (bicyclic) bond motifs is 1. The highest BCUT2D eigenvalue weighted by molar-refractivity contribution is 5.87. The lowest BCUT2D eigenvalue weighted by molar-refractivity contribution is -0.117. The van der Waals surface area contributed by atoms with Gasteiger partial charge in [-0.2, -0.15) is 4.98 Å². The number of nitrogens with zero attached hydrogens (tertiary/aromatic N) is 8. The maximum absolute atomic E-state index is 14.8. The number of anilines is 1. The van der Waals surface area contributed by atoms with Crippen LogP contribution in [0.2, 0.25) is 0 Å². The summed E-state index contributed by atoms with van der Waals surface area (Å²) in [5.41, 5.74) is 3.01. The van der Waals surface area contributed by atoms with Crippen LogP contribution < -0.4 is 15.0 Å². The van der Waals surface area contributed by atoms with Gasteiger partial charge in [-0.1, -0.05) is 6.58 Å². The zero-order valence-electron chi connectivity index (χ0n) is 21.8. The number of nitrogens with one attached hydrogen (secondary N) is 1. The molecule has 12 heteroatoms. The minimum absolute atomic E-state index is 0.0826. The molecular formula is C25H34FN9O2. The molecule has 1 N–H and O–H groups in total. The first kappa shape index (κ1) is 25.1. The van der Waals surface area contributed by atoms with Crippen molar-refractivity contribution in [3.63, 3.8) is 0 Å². The van der Waals surface area contributed by atoms with Crippen LogP contribution in [0.5, 0.6) is 5.88 Å². The van der Waals surface area contributed by atoms with Gasteiger partial charge in [-0.3, -0.25) is 9.48 Å². The molecule has 37 heavy (non-hydrogen) atoms. The number of methoxy groups -OCH3 is 1. The van der Waals surface area contributed by atoms with Crippen molar-refractivity contribution in [2.75, 3.05) is 45.2 Å².